The molecule has 1 heterocycles. The smallest absolute Gasteiger partial charge is 0.306 e. The van der Waals surface area contributed by atoms with E-state index in [4.69, 9.17) is 4.74 Å². The monoisotopic (exact) mass is 220 g/mol. The lowest BCUT2D eigenvalue weighted by Gasteiger charge is -2.26. The van der Waals surface area contributed by atoms with Crippen molar-refractivity contribution in [1.82, 2.24) is 0 Å². The molecule has 4 heteroatoms. The van der Waals surface area contributed by atoms with E-state index in [1.807, 2.05) is 7.85 Å². The molecule has 0 radical (unpaired) electrons. The molecule has 0 saturated carbocycles. The zero-order valence-electron chi connectivity index (χ0n) is 10.8. The van der Waals surface area contributed by atoms with Crippen LogP contribution in [-0.4, -0.2) is 21.7 Å². The van der Waals surface area contributed by atoms with Gasteiger partial charge in [-0.05, 0) is 6.42 Å². The summed E-state index contributed by atoms with van der Waals surface area (Å²) in [5.74, 6) is 0.521. The summed E-state index contributed by atoms with van der Waals surface area (Å²) in [7, 11) is 4.05. The number of ether oxygens (including phenoxy) is 1. The fourth-order valence-corrected chi connectivity index (χ4v) is 2.28. The van der Waals surface area contributed by atoms with Gasteiger partial charge in [0.1, 0.15) is 15.7 Å². The number of hydrogen-bond acceptors (Lipinski definition) is 2. The number of rotatable bonds is 6. The summed E-state index contributed by atoms with van der Waals surface area (Å²) in [5, 5.41) is -0.136. The highest BCUT2D eigenvalue weighted by Gasteiger charge is 2.46. The fourth-order valence-electron chi connectivity index (χ4n) is 2.28. The van der Waals surface area contributed by atoms with Crippen molar-refractivity contribution in [2.45, 2.75) is 56.6 Å². The van der Waals surface area contributed by atoms with Crippen molar-refractivity contribution in [2.24, 2.45) is 0 Å². The van der Waals surface area contributed by atoms with E-state index in [9.17, 15) is 4.79 Å². The van der Waals surface area contributed by atoms with Gasteiger partial charge in [0.2, 0.25) is 0 Å². The van der Waals surface area contributed by atoms with Crippen LogP contribution in [0.15, 0.2) is 12.3 Å². The van der Waals surface area contributed by atoms with Crippen molar-refractivity contribution in [3.8, 4) is 0 Å². The van der Waals surface area contributed by atoms with E-state index in [0.717, 1.165) is 12.8 Å². The van der Waals surface area contributed by atoms with Gasteiger partial charge in [-0.2, -0.15) is 0 Å². The van der Waals surface area contributed by atoms with Crippen LogP contribution in [0.1, 0.15) is 45.4 Å². The van der Waals surface area contributed by atoms with Crippen LogP contribution in [0.4, 0.5) is 0 Å². The molecule has 88 valence electrons. The maximum atomic E-state index is 11.5. The molecule has 2 atom stereocenters. The summed E-state index contributed by atoms with van der Waals surface area (Å²) < 4.78 is 5.13. The lowest BCUT2D eigenvalue weighted by atomic mass is 9.52. The van der Waals surface area contributed by atoms with Gasteiger partial charge in [-0.25, -0.2) is 0 Å². The highest BCUT2D eigenvalue weighted by Crippen LogP contribution is 2.52. The zero-order valence-corrected chi connectivity index (χ0v) is 10.8. The Labute approximate surface area is 101 Å². The Hall–Kier alpha value is -0.660. The second-order valence-corrected chi connectivity index (χ2v) is 5.15. The normalized spacial score (nSPS) is 29.4. The van der Waals surface area contributed by atoms with Crippen molar-refractivity contribution in [2.75, 3.05) is 0 Å². The Morgan fingerprint density at radius 1 is 1.38 bits per heavy atom. The molecule has 0 aliphatic carbocycles. The predicted octanol–water partition coefficient (Wildman–Crippen LogP) is 1.63. The van der Waals surface area contributed by atoms with Crippen LogP contribution in [-0.2, 0) is 9.53 Å². The van der Waals surface area contributed by atoms with Crippen molar-refractivity contribution in [3.05, 3.63) is 12.3 Å². The van der Waals surface area contributed by atoms with E-state index in [1.165, 1.54) is 25.7 Å². The van der Waals surface area contributed by atoms with Crippen LogP contribution >= 0.6 is 0 Å². The number of unbranched alkanes of at least 4 members (excludes halogenated alkanes) is 4. The van der Waals surface area contributed by atoms with Gasteiger partial charge < -0.3 is 4.74 Å². The van der Waals surface area contributed by atoms with Crippen LogP contribution < -0.4 is 0 Å². The average molecular weight is 220 g/mol. The summed E-state index contributed by atoms with van der Waals surface area (Å²) in [6, 6.07) is 0. The molecule has 1 fully saturated rings. The molecular formula is C12H22B2O2. The van der Waals surface area contributed by atoms with Crippen LogP contribution in [0.25, 0.3) is 0 Å². The molecule has 1 rings (SSSR count). The molecule has 0 amide bonds. The summed E-state index contributed by atoms with van der Waals surface area (Å²) in [4.78, 5) is 11.5. The molecule has 1 aliphatic rings. The Morgan fingerprint density at radius 3 is 2.50 bits per heavy atom. The maximum absolute atomic E-state index is 11.5. The van der Waals surface area contributed by atoms with E-state index < -0.39 is 0 Å². The molecule has 16 heavy (non-hydrogen) atoms. The van der Waals surface area contributed by atoms with Crippen molar-refractivity contribution in [1.29, 1.82) is 0 Å². The summed E-state index contributed by atoms with van der Waals surface area (Å²) >= 11 is 0. The number of carbonyl (C=O) groups is 1. The van der Waals surface area contributed by atoms with E-state index in [1.54, 1.807) is 0 Å². The van der Waals surface area contributed by atoms with Crippen molar-refractivity contribution < 1.29 is 9.53 Å². The Bertz CT molecular complexity index is 278. The first-order chi connectivity index (χ1) is 7.52. The van der Waals surface area contributed by atoms with Crippen molar-refractivity contribution in [3.63, 3.8) is 0 Å². The molecule has 0 aromatic carbocycles. The number of cyclic esters (lactones) is 1. The van der Waals surface area contributed by atoms with Gasteiger partial charge in [-0.15, -0.1) is 0 Å². The fraction of sp³-hybridized carbons (Fsp3) is 0.750. The summed E-state index contributed by atoms with van der Waals surface area (Å²) in [5.41, 5.74) is 0. The molecule has 0 spiro atoms. The van der Waals surface area contributed by atoms with Crippen molar-refractivity contribution >= 4 is 21.7 Å². The number of carbonyl (C=O) groups excluding carboxylic acids is 1. The molecular weight excluding hydrogens is 198 g/mol. The van der Waals surface area contributed by atoms with Crippen LogP contribution in [0, 0.1) is 0 Å². The quantitative estimate of drug-likeness (QED) is 0.386. The molecule has 0 bridgehead atoms. The molecule has 2 nitrogen and oxygen atoms in total. The van der Waals surface area contributed by atoms with Gasteiger partial charge in [0, 0.05) is 11.1 Å². The van der Waals surface area contributed by atoms with Gasteiger partial charge >= 0.3 is 5.97 Å². The Kier molecular flexibility index (Phi) is 4.69. The van der Waals surface area contributed by atoms with E-state index in [-0.39, 0.29) is 17.1 Å². The second kappa shape index (κ2) is 5.60. The number of allylic oxidation sites excluding steroid dienone is 1. The molecule has 0 N–H and O–H groups in total. The highest BCUT2D eigenvalue weighted by molar-refractivity contribution is 6.34. The zero-order chi connectivity index (χ0) is 12.2. The third-order valence-electron chi connectivity index (χ3n) is 3.97. The standard InChI is InChI=1S/C12H22B2O2/c1-3-4-5-6-7-8-12(14)9(2)16-11(15)10(12)13/h10H,2-8,13-14H2,1H3. The maximum Gasteiger partial charge on any atom is 0.306 e. The summed E-state index contributed by atoms with van der Waals surface area (Å²) in [6.07, 6.45) is 7.30. The van der Waals surface area contributed by atoms with Crippen LogP contribution in [0.5, 0.6) is 0 Å². The second-order valence-electron chi connectivity index (χ2n) is 5.15. The van der Waals surface area contributed by atoms with E-state index in [2.05, 4.69) is 21.3 Å². The minimum atomic E-state index is -0.136. The first-order valence-corrected chi connectivity index (χ1v) is 6.43. The van der Waals surface area contributed by atoms with Crippen LogP contribution in [0.3, 0.4) is 0 Å². The Balaban J connectivity index is 2.39. The average Bonchev–Trinajstić information content (AvgIpc) is 2.43. The topological polar surface area (TPSA) is 26.3 Å². The van der Waals surface area contributed by atoms with Gasteiger partial charge in [-0.3, -0.25) is 4.79 Å². The predicted molar refractivity (Wildman–Crippen MR) is 72.1 cm³/mol. The van der Waals surface area contributed by atoms with E-state index in [0.29, 0.717) is 5.76 Å². The number of esters is 1. The van der Waals surface area contributed by atoms with Gasteiger partial charge in [0.15, 0.2) is 0 Å². The third kappa shape index (κ3) is 2.72. The molecule has 1 aliphatic heterocycles. The highest BCUT2D eigenvalue weighted by atomic mass is 16.5. The van der Waals surface area contributed by atoms with Gasteiger partial charge in [0.05, 0.1) is 5.76 Å². The third-order valence-corrected chi connectivity index (χ3v) is 3.97. The molecule has 0 aromatic rings. The van der Waals surface area contributed by atoms with Crippen LogP contribution in [0.2, 0.25) is 11.1 Å². The minimum Gasteiger partial charge on any atom is -0.432 e. The Morgan fingerprint density at radius 2 is 2.00 bits per heavy atom. The largest absolute Gasteiger partial charge is 0.432 e. The lowest BCUT2D eigenvalue weighted by Crippen LogP contribution is -2.18. The molecule has 2 unspecified atom stereocenters. The lowest BCUT2D eigenvalue weighted by molar-refractivity contribution is -0.135. The number of hydrogen-bond donors (Lipinski definition) is 0. The molecule has 0 aromatic heterocycles. The van der Waals surface area contributed by atoms with E-state index >= 15 is 0 Å². The summed E-state index contributed by atoms with van der Waals surface area (Å²) in [6.45, 7) is 6.10. The minimum absolute atomic E-state index is 0.0359. The van der Waals surface area contributed by atoms with Gasteiger partial charge in [0.25, 0.3) is 0 Å². The molecule has 1 saturated heterocycles. The first kappa shape index (κ1) is 13.4. The van der Waals surface area contributed by atoms with Gasteiger partial charge in [-0.1, -0.05) is 45.6 Å². The SMILES string of the molecule is BC1C(=O)OC(=C)C1(B)CCCCCCC. The first-order valence-electron chi connectivity index (χ1n) is 6.43.